The van der Waals surface area contributed by atoms with Gasteiger partial charge in [0.2, 0.25) is 5.91 Å². The van der Waals surface area contributed by atoms with Crippen LogP contribution in [0.15, 0.2) is 30.9 Å². The fraction of sp³-hybridized carbons (Fsp3) is 0.688. The van der Waals surface area contributed by atoms with E-state index in [1.54, 1.807) is 0 Å². The second-order valence-corrected chi connectivity index (χ2v) is 12.9. The average Bonchev–Trinajstić information content (AvgIpc) is 3.39. The highest BCUT2D eigenvalue weighted by molar-refractivity contribution is 5.87. The molecule has 9 heteroatoms. The van der Waals surface area contributed by atoms with E-state index in [1.807, 2.05) is 4.90 Å². The fourth-order valence-electron chi connectivity index (χ4n) is 7.99. The normalized spacial score (nSPS) is 35.8. The van der Waals surface area contributed by atoms with E-state index >= 15 is 0 Å². The van der Waals surface area contributed by atoms with E-state index in [2.05, 4.69) is 65.3 Å². The van der Waals surface area contributed by atoms with Crippen LogP contribution in [0.1, 0.15) is 56.1 Å². The van der Waals surface area contributed by atoms with Gasteiger partial charge in [0.1, 0.15) is 11.4 Å². The van der Waals surface area contributed by atoms with Gasteiger partial charge in [-0.2, -0.15) is 5.26 Å². The van der Waals surface area contributed by atoms with Crippen molar-refractivity contribution in [3.8, 4) is 11.8 Å². The Morgan fingerprint density at radius 1 is 1.24 bits per heavy atom. The Balaban J connectivity index is 1.21. The van der Waals surface area contributed by atoms with Crippen molar-refractivity contribution in [3.63, 3.8) is 0 Å². The van der Waals surface area contributed by atoms with Crippen molar-refractivity contribution in [2.24, 2.45) is 5.92 Å². The van der Waals surface area contributed by atoms with Crippen LogP contribution >= 0.6 is 0 Å². The van der Waals surface area contributed by atoms with Crippen molar-refractivity contribution in [2.75, 3.05) is 39.8 Å². The molecule has 222 valence electrons. The van der Waals surface area contributed by atoms with Crippen LogP contribution in [0.25, 0.3) is 0 Å². The first-order chi connectivity index (χ1) is 19.9. The molecule has 4 heterocycles. The van der Waals surface area contributed by atoms with Crippen molar-refractivity contribution in [3.05, 3.63) is 42.0 Å². The minimum absolute atomic E-state index is 0.0903. The highest BCUT2D eigenvalue weighted by Crippen LogP contribution is 2.45. The van der Waals surface area contributed by atoms with Gasteiger partial charge >= 0.3 is 0 Å². The van der Waals surface area contributed by atoms with Crippen molar-refractivity contribution in [2.45, 2.75) is 94.5 Å². The van der Waals surface area contributed by atoms with Gasteiger partial charge in [0.05, 0.1) is 31.3 Å². The van der Waals surface area contributed by atoms with Crippen molar-refractivity contribution < 1.29 is 14.3 Å². The number of aryl methyl sites for hydroxylation is 2. The maximum absolute atomic E-state index is 12.5. The second-order valence-electron chi connectivity index (χ2n) is 12.9. The summed E-state index contributed by atoms with van der Waals surface area (Å²) in [5.41, 5.74) is 2.39. The molecule has 1 spiro atoms. The number of benzene rings is 1. The summed E-state index contributed by atoms with van der Waals surface area (Å²) >= 11 is 0. The minimum atomic E-state index is -0.259. The number of nitrogens with zero attached hydrogens (tertiary/aromatic N) is 4. The molecule has 1 aromatic carbocycles. The lowest BCUT2D eigenvalue weighted by molar-refractivity contribution is -0.139. The third-order valence-corrected chi connectivity index (χ3v) is 10.4. The number of rotatable bonds is 6. The molecule has 4 aliphatic heterocycles. The summed E-state index contributed by atoms with van der Waals surface area (Å²) in [6, 6.07) is 9.46. The first-order valence-corrected chi connectivity index (χ1v) is 15.5. The first-order valence-electron chi connectivity index (χ1n) is 15.5. The molecule has 3 saturated heterocycles. The molecule has 0 aromatic heterocycles. The predicted molar refractivity (Wildman–Crippen MR) is 157 cm³/mol. The zero-order chi connectivity index (χ0) is 28.6. The number of nitriles is 1. The molecule has 2 N–H and O–H groups in total. The Bertz CT molecular complexity index is 1170. The van der Waals surface area contributed by atoms with E-state index in [0.717, 1.165) is 50.9 Å². The second kappa shape index (κ2) is 12.0. The standard InChI is InChI=1S/C32H46N6O3/c1-4-29(39)38-17-16-37(20-24(38)11-14-33)30-26-10-13-32(12-9-23-8-7-22(2)18-28(23)41-32)19-27(26)34-31(35-30)40-21-25-6-5-15-36(25)3/h4,7-8,18,24-27,30-31,34-35H,1,5-6,9-13,15-17,19-21H2,2-3H3/t24?,25?,26?,27?,30?,31?,32-/m0/s1. The zero-order valence-corrected chi connectivity index (χ0v) is 24.7. The maximum Gasteiger partial charge on any atom is 0.246 e. The molecule has 7 atom stereocenters. The van der Waals surface area contributed by atoms with Crippen LogP contribution in [0.2, 0.25) is 0 Å². The number of carbonyl (C=O) groups excluding carboxylic acids is 1. The summed E-state index contributed by atoms with van der Waals surface area (Å²) in [5, 5.41) is 17.2. The molecular formula is C32H46N6O3. The number of hydrogen-bond acceptors (Lipinski definition) is 8. The van der Waals surface area contributed by atoms with Gasteiger partial charge in [0.25, 0.3) is 0 Å². The monoisotopic (exact) mass is 562 g/mol. The average molecular weight is 563 g/mol. The molecule has 1 aliphatic carbocycles. The quantitative estimate of drug-likeness (QED) is 0.512. The maximum atomic E-state index is 12.5. The Labute approximate surface area is 244 Å². The number of likely N-dealkylation sites (N-methyl/N-ethyl adjacent to an activating group) is 1. The predicted octanol–water partition coefficient (Wildman–Crippen LogP) is 2.75. The van der Waals surface area contributed by atoms with Crippen molar-refractivity contribution in [1.29, 1.82) is 5.26 Å². The lowest BCUT2D eigenvalue weighted by Crippen LogP contribution is -2.73. The van der Waals surface area contributed by atoms with Crippen molar-refractivity contribution in [1.82, 2.24) is 25.3 Å². The largest absolute Gasteiger partial charge is 0.487 e. The number of piperazine rings is 1. The van der Waals surface area contributed by atoms with Crippen LogP contribution < -0.4 is 15.4 Å². The third kappa shape index (κ3) is 5.91. The smallest absolute Gasteiger partial charge is 0.246 e. The molecule has 6 unspecified atom stereocenters. The topological polar surface area (TPSA) is 93.1 Å². The Hall–Kier alpha value is -2.48. The van der Waals surface area contributed by atoms with Crippen LogP contribution in [0, 0.1) is 24.2 Å². The third-order valence-electron chi connectivity index (χ3n) is 10.4. The van der Waals surface area contributed by atoms with Crippen molar-refractivity contribution >= 4 is 5.91 Å². The van der Waals surface area contributed by atoms with Crippen LogP contribution in [0.3, 0.4) is 0 Å². The highest BCUT2D eigenvalue weighted by Gasteiger charge is 2.51. The minimum Gasteiger partial charge on any atom is -0.487 e. The zero-order valence-electron chi connectivity index (χ0n) is 24.7. The summed E-state index contributed by atoms with van der Waals surface area (Å²) in [4.78, 5) is 19.2. The molecule has 0 radical (unpaired) electrons. The van der Waals surface area contributed by atoms with Gasteiger partial charge in [-0.1, -0.05) is 18.7 Å². The number of likely N-dealkylation sites (tertiary alicyclic amines) is 1. The molecule has 1 amide bonds. The van der Waals surface area contributed by atoms with Gasteiger partial charge in [-0.05, 0) is 82.3 Å². The summed E-state index contributed by atoms with van der Waals surface area (Å²) in [7, 11) is 2.19. The summed E-state index contributed by atoms with van der Waals surface area (Å²) in [6.07, 6.45) is 9.03. The molecule has 0 bridgehead atoms. The molecule has 1 saturated carbocycles. The van der Waals surface area contributed by atoms with Crippen LogP contribution in [-0.2, 0) is 16.0 Å². The molecule has 6 rings (SSSR count). The highest BCUT2D eigenvalue weighted by atomic mass is 16.5. The molecular weight excluding hydrogens is 516 g/mol. The van der Waals surface area contributed by atoms with E-state index in [0.29, 0.717) is 38.1 Å². The van der Waals surface area contributed by atoms with Gasteiger partial charge < -0.3 is 19.3 Å². The van der Waals surface area contributed by atoms with Gasteiger partial charge in [-0.15, -0.1) is 0 Å². The van der Waals surface area contributed by atoms with E-state index in [1.165, 1.54) is 30.0 Å². The Morgan fingerprint density at radius 3 is 2.90 bits per heavy atom. The fourth-order valence-corrected chi connectivity index (χ4v) is 7.99. The Morgan fingerprint density at radius 2 is 2.12 bits per heavy atom. The van der Waals surface area contributed by atoms with Gasteiger partial charge in [-0.3, -0.25) is 20.3 Å². The summed E-state index contributed by atoms with van der Waals surface area (Å²) in [5.74, 6) is 1.34. The summed E-state index contributed by atoms with van der Waals surface area (Å²) < 4.78 is 13.4. The molecule has 9 nitrogen and oxygen atoms in total. The number of hydrogen-bond donors (Lipinski definition) is 2. The van der Waals surface area contributed by atoms with Gasteiger partial charge in [-0.25, -0.2) is 0 Å². The van der Waals surface area contributed by atoms with E-state index in [9.17, 15) is 10.1 Å². The number of ether oxygens (including phenoxy) is 2. The van der Waals surface area contributed by atoms with Gasteiger partial charge in [0.15, 0.2) is 6.35 Å². The SMILES string of the molecule is C=CC(=O)N1CCN(C2NC(OCC3CCCN3C)NC3C[C@]4(CCc5ccc(C)cc5O4)CCC32)CC1CC#N. The Kier molecular flexibility index (Phi) is 8.39. The first kappa shape index (κ1) is 28.6. The lowest BCUT2D eigenvalue weighted by atomic mass is 9.70. The number of carbonyl (C=O) groups is 1. The molecule has 1 aromatic rings. The number of amides is 1. The lowest BCUT2D eigenvalue weighted by Gasteiger charge is -2.56. The number of fused-ring (bicyclic) bond motifs is 2. The number of nitrogens with one attached hydrogen (secondary N) is 2. The van der Waals surface area contributed by atoms with Gasteiger partial charge in [0, 0.05) is 44.1 Å². The summed E-state index contributed by atoms with van der Waals surface area (Å²) in [6.45, 7) is 9.66. The van der Waals surface area contributed by atoms with E-state index < -0.39 is 0 Å². The van der Waals surface area contributed by atoms with Crippen LogP contribution in [0.4, 0.5) is 0 Å². The molecule has 4 fully saturated rings. The van der Waals surface area contributed by atoms with E-state index in [-0.39, 0.29) is 36.1 Å². The molecule has 41 heavy (non-hydrogen) atoms. The molecule has 5 aliphatic rings. The van der Waals surface area contributed by atoms with Crippen LogP contribution in [-0.4, -0.2) is 96.7 Å². The van der Waals surface area contributed by atoms with E-state index in [4.69, 9.17) is 9.47 Å². The van der Waals surface area contributed by atoms with Crippen LogP contribution in [0.5, 0.6) is 5.75 Å².